The molecule has 0 bridgehead atoms. The second-order valence-electron chi connectivity index (χ2n) is 4.70. The van der Waals surface area contributed by atoms with Crippen molar-refractivity contribution in [3.8, 4) is 0 Å². The van der Waals surface area contributed by atoms with Crippen LogP contribution in [0, 0.1) is 0 Å². The van der Waals surface area contributed by atoms with Gasteiger partial charge in [-0.15, -0.1) is 5.10 Å². The summed E-state index contributed by atoms with van der Waals surface area (Å²) in [6, 6.07) is 7.29. The smallest absolute Gasteiger partial charge is 0.339 e. The van der Waals surface area contributed by atoms with E-state index in [0.717, 1.165) is 10.9 Å². The Bertz CT molecular complexity index is 860. The van der Waals surface area contributed by atoms with E-state index in [-0.39, 0.29) is 5.69 Å². The van der Waals surface area contributed by atoms with E-state index in [9.17, 15) is 18.0 Å². The zero-order chi connectivity index (χ0) is 16.8. The Balaban J connectivity index is 1.94. The first-order valence-corrected chi connectivity index (χ1v) is 7.12. The molecule has 0 aliphatic rings. The molecule has 0 saturated heterocycles. The molecule has 2 N–H and O–H groups in total. The molecule has 0 fully saturated rings. The van der Waals surface area contributed by atoms with Crippen molar-refractivity contribution in [2.75, 3.05) is 5.32 Å². The fraction of sp³-hybridized carbons (Fsp3) is 0.154. The molecule has 0 radical (unpaired) electrons. The van der Waals surface area contributed by atoms with Gasteiger partial charge in [0.05, 0.1) is 4.47 Å². The maximum Gasteiger partial charge on any atom is 0.451 e. The number of hydrogen-bond donors (Lipinski definition) is 2. The Morgan fingerprint density at radius 3 is 2.65 bits per heavy atom. The van der Waals surface area contributed by atoms with Gasteiger partial charge in [-0.05, 0) is 22.0 Å². The van der Waals surface area contributed by atoms with Gasteiger partial charge >= 0.3 is 6.18 Å². The van der Waals surface area contributed by atoms with Crippen molar-refractivity contribution >= 4 is 38.7 Å². The van der Waals surface area contributed by atoms with Crippen LogP contribution < -0.4 is 5.32 Å². The first kappa shape index (κ1) is 15.5. The molecule has 0 saturated carbocycles. The maximum atomic E-state index is 12.5. The van der Waals surface area contributed by atoms with Gasteiger partial charge in [-0.3, -0.25) is 15.2 Å². The molecule has 1 aromatic carbocycles. The van der Waals surface area contributed by atoms with E-state index in [4.69, 9.17) is 0 Å². The van der Waals surface area contributed by atoms with Crippen molar-refractivity contribution in [1.82, 2.24) is 19.7 Å². The standard InChI is InChI=1S/C13H9BrF3N5O/c1-22-7-5-3-2-4-6(7)8(14)9(22)10(23)18-12-19-11(20-21-12)13(15,16)17/h2-5H,1H3,(H2,18,19,20,21,23). The number of aromatic amines is 1. The summed E-state index contributed by atoms with van der Waals surface area (Å²) in [6.07, 6.45) is -4.66. The van der Waals surface area contributed by atoms with E-state index in [1.165, 1.54) is 0 Å². The van der Waals surface area contributed by atoms with Crippen molar-refractivity contribution in [2.24, 2.45) is 7.05 Å². The number of aryl methyl sites for hydroxylation is 1. The van der Waals surface area contributed by atoms with Gasteiger partial charge in [0.25, 0.3) is 5.91 Å². The molecular formula is C13H9BrF3N5O. The molecule has 3 rings (SSSR count). The lowest BCUT2D eigenvalue weighted by molar-refractivity contribution is -0.144. The maximum absolute atomic E-state index is 12.5. The molecule has 0 spiro atoms. The highest BCUT2D eigenvalue weighted by atomic mass is 79.9. The minimum atomic E-state index is -4.66. The number of hydrogen-bond acceptors (Lipinski definition) is 3. The van der Waals surface area contributed by atoms with Gasteiger partial charge in [-0.1, -0.05) is 18.2 Å². The number of H-pyrrole nitrogens is 1. The largest absolute Gasteiger partial charge is 0.451 e. The van der Waals surface area contributed by atoms with Crippen LogP contribution in [0.15, 0.2) is 28.7 Å². The number of alkyl halides is 3. The Kier molecular flexibility index (Phi) is 3.63. The van der Waals surface area contributed by atoms with E-state index in [1.54, 1.807) is 16.7 Å². The van der Waals surface area contributed by atoms with Gasteiger partial charge in [-0.25, -0.2) is 0 Å². The highest BCUT2D eigenvalue weighted by molar-refractivity contribution is 9.10. The number of nitrogens with one attached hydrogen (secondary N) is 2. The van der Waals surface area contributed by atoms with Crippen molar-refractivity contribution < 1.29 is 18.0 Å². The number of benzene rings is 1. The van der Waals surface area contributed by atoms with Crippen LogP contribution in [0.4, 0.5) is 19.1 Å². The minimum Gasteiger partial charge on any atom is -0.339 e. The predicted molar refractivity (Wildman–Crippen MR) is 80.0 cm³/mol. The Labute approximate surface area is 135 Å². The quantitative estimate of drug-likeness (QED) is 0.707. The number of carbonyl (C=O) groups is 1. The summed E-state index contributed by atoms with van der Waals surface area (Å²) in [4.78, 5) is 15.6. The predicted octanol–water partition coefficient (Wildman–Crippen LogP) is 3.33. The molecule has 2 heterocycles. The second-order valence-corrected chi connectivity index (χ2v) is 5.49. The third kappa shape index (κ3) is 2.69. The molecule has 0 unspecified atom stereocenters. The zero-order valence-electron chi connectivity index (χ0n) is 11.6. The van der Waals surface area contributed by atoms with Crippen LogP contribution in [0.2, 0.25) is 0 Å². The summed E-state index contributed by atoms with van der Waals surface area (Å²) in [5.41, 5.74) is 1.06. The molecule has 0 aliphatic heterocycles. The molecule has 2 aromatic heterocycles. The second kappa shape index (κ2) is 5.37. The van der Waals surface area contributed by atoms with E-state index in [1.807, 2.05) is 24.3 Å². The molecular weight excluding hydrogens is 379 g/mol. The summed E-state index contributed by atoms with van der Waals surface area (Å²) in [6.45, 7) is 0. The van der Waals surface area contributed by atoms with Crippen LogP contribution in [-0.4, -0.2) is 25.7 Å². The van der Waals surface area contributed by atoms with Gasteiger partial charge in [0.15, 0.2) is 0 Å². The lowest BCUT2D eigenvalue weighted by Crippen LogP contribution is -2.17. The number of nitrogens with zero attached hydrogens (tertiary/aromatic N) is 3. The van der Waals surface area contributed by atoms with E-state index in [0.29, 0.717) is 4.47 Å². The topological polar surface area (TPSA) is 75.6 Å². The average molecular weight is 388 g/mol. The number of aromatic nitrogens is 4. The van der Waals surface area contributed by atoms with Crippen molar-refractivity contribution in [3.05, 3.63) is 40.3 Å². The van der Waals surface area contributed by atoms with Crippen LogP contribution >= 0.6 is 15.9 Å². The van der Waals surface area contributed by atoms with Crippen LogP contribution in [0.1, 0.15) is 16.3 Å². The highest BCUT2D eigenvalue weighted by Crippen LogP contribution is 2.31. The average Bonchev–Trinajstić information content (AvgIpc) is 3.04. The summed E-state index contributed by atoms with van der Waals surface area (Å²) in [5.74, 6) is -2.34. The SMILES string of the molecule is Cn1c(C(=O)Nc2n[nH]c(C(F)(F)F)n2)c(Br)c2ccccc21. The van der Waals surface area contributed by atoms with Crippen molar-refractivity contribution in [3.63, 3.8) is 0 Å². The molecule has 120 valence electrons. The first-order valence-electron chi connectivity index (χ1n) is 6.33. The monoisotopic (exact) mass is 387 g/mol. The summed E-state index contributed by atoms with van der Waals surface area (Å²) in [7, 11) is 1.68. The summed E-state index contributed by atoms with van der Waals surface area (Å²) in [5, 5.41) is 8.15. The molecule has 0 atom stereocenters. The highest BCUT2D eigenvalue weighted by Gasteiger charge is 2.35. The summed E-state index contributed by atoms with van der Waals surface area (Å²) >= 11 is 3.34. The zero-order valence-corrected chi connectivity index (χ0v) is 13.2. The van der Waals surface area contributed by atoms with Gasteiger partial charge in [0.2, 0.25) is 11.8 Å². The molecule has 3 aromatic rings. The molecule has 23 heavy (non-hydrogen) atoms. The Hall–Kier alpha value is -2.36. The van der Waals surface area contributed by atoms with E-state index >= 15 is 0 Å². The fourth-order valence-electron chi connectivity index (χ4n) is 2.20. The lowest BCUT2D eigenvalue weighted by atomic mass is 10.2. The summed E-state index contributed by atoms with van der Waals surface area (Å²) < 4.78 is 39.6. The number of carbonyl (C=O) groups excluding carboxylic acids is 1. The Morgan fingerprint density at radius 2 is 2.04 bits per heavy atom. The minimum absolute atomic E-state index is 0.254. The Morgan fingerprint density at radius 1 is 1.35 bits per heavy atom. The molecule has 0 aliphatic carbocycles. The van der Waals surface area contributed by atoms with Crippen LogP contribution in [0.3, 0.4) is 0 Å². The molecule has 10 heteroatoms. The van der Waals surface area contributed by atoms with Crippen LogP contribution in [0.5, 0.6) is 0 Å². The van der Waals surface area contributed by atoms with Crippen LogP contribution in [0.25, 0.3) is 10.9 Å². The third-order valence-electron chi connectivity index (χ3n) is 3.24. The normalized spacial score (nSPS) is 11.9. The first-order chi connectivity index (χ1) is 10.8. The van der Waals surface area contributed by atoms with Crippen LogP contribution in [-0.2, 0) is 13.2 Å². The van der Waals surface area contributed by atoms with Gasteiger partial charge in [0, 0.05) is 18.0 Å². The van der Waals surface area contributed by atoms with Crippen molar-refractivity contribution in [2.45, 2.75) is 6.18 Å². The number of halogens is 4. The number of rotatable bonds is 2. The van der Waals surface area contributed by atoms with E-state index in [2.05, 4.69) is 31.3 Å². The number of anilines is 1. The number of fused-ring (bicyclic) bond motifs is 1. The number of amides is 1. The van der Waals surface area contributed by atoms with E-state index < -0.39 is 23.9 Å². The molecule has 6 nitrogen and oxygen atoms in total. The number of para-hydroxylation sites is 1. The van der Waals surface area contributed by atoms with Gasteiger partial charge in [0.1, 0.15) is 5.69 Å². The fourth-order valence-corrected chi connectivity index (χ4v) is 2.99. The lowest BCUT2D eigenvalue weighted by Gasteiger charge is -2.04. The molecule has 1 amide bonds. The third-order valence-corrected chi connectivity index (χ3v) is 4.04. The van der Waals surface area contributed by atoms with Crippen molar-refractivity contribution in [1.29, 1.82) is 0 Å². The van der Waals surface area contributed by atoms with Gasteiger partial charge in [-0.2, -0.15) is 18.2 Å². The van der Waals surface area contributed by atoms with Gasteiger partial charge < -0.3 is 4.57 Å².